The van der Waals surface area contributed by atoms with E-state index in [1.807, 2.05) is 24.3 Å². The first kappa shape index (κ1) is 16.8. The van der Waals surface area contributed by atoms with Crippen LogP contribution in [-0.2, 0) is 4.74 Å². The van der Waals surface area contributed by atoms with E-state index in [1.165, 1.54) is 28.7 Å². The summed E-state index contributed by atoms with van der Waals surface area (Å²) < 4.78 is 5.67. The zero-order valence-electron chi connectivity index (χ0n) is 15.4. The van der Waals surface area contributed by atoms with Gasteiger partial charge in [0.15, 0.2) is 0 Å². The fourth-order valence-electron chi connectivity index (χ4n) is 5.42. The topological polar surface area (TPSA) is 58.6 Å². The maximum atomic E-state index is 12.6. The lowest BCUT2D eigenvalue weighted by molar-refractivity contribution is -0.116. The zero-order chi connectivity index (χ0) is 18.5. The third-order valence-corrected chi connectivity index (χ3v) is 7.31. The maximum Gasteiger partial charge on any atom is 0.407 e. The number of hydrogen-bond donors (Lipinski definition) is 2. The highest BCUT2D eigenvalue weighted by atomic mass is 16.5. The van der Waals surface area contributed by atoms with Gasteiger partial charge in [0, 0.05) is 5.92 Å². The van der Waals surface area contributed by atoms with E-state index in [0.29, 0.717) is 6.61 Å². The van der Waals surface area contributed by atoms with Crippen LogP contribution in [0.5, 0.6) is 0 Å². The number of amides is 1. The molecule has 0 heterocycles. The van der Waals surface area contributed by atoms with Crippen molar-refractivity contribution in [3.63, 3.8) is 0 Å². The predicted molar refractivity (Wildman–Crippen MR) is 104 cm³/mol. The van der Waals surface area contributed by atoms with E-state index in [9.17, 15) is 9.90 Å². The Morgan fingerprint density at radius 3 is 2.11 bits per heavy atom. The molecule has 0 saturated heterocycles. The van der Waals surface area contributed by atoms with Gasteiger partial charge in [0.05, 0.1) is 12.1 Å². The van der Waals surface area contributed by atoms with E-state index >= 15 is 0 Å². The van der Waals surface area contributed by atoms with Gasteiger partial charge in [-0.3, -0.25) is 0 Å². The summed E-state index contributed by atoms with van der Waals surface area (Å²) in [5.74, 6) is 0.0623. The molecule has 2 N–H and O–H groups in total. The number of rotatable bonds is 4. The number of carbonyl (C=O) groups excluding carboxylic acids is 1. The molecule has 1 atom stereocenters. The minimum absolute atomic E-state index is 0.00278. The van der Waals surface area contributed by atoms with Crippen molar-refractivity contribution in [2.75, 3.05) is 13.2 Å². The van der Waals surface area contributed by atoms with Gasteiger partial charge in [0.1, 0.15) is 6.61 Å². The molecular formula is C23H25NO3. The lowest BCUT2D eigenvalue weighted by Gasteiger charge is -2.63. The summed E-state index contributed by atoms with van der Waals surface area (Å²) in [4.78, 5) is 12.6. The standard InChI is InChI=1S/C23H25NO3/c25-15-23(13-12-22(23)10-5-11-22)24-21(26)27-14-20-18-8-3-1-6-16(18)17-7-2-4-9-19(17)20/h1-4,6-9,20,25H,5,10-15H2,(H,24,26). The number of hydrogen-bond acceptors (Lipinski definition) is 3. The van der Waals surface area contributed by atoms with E-state index in [4.69, 9.17) is 4.74 Å². The largest absolute Gasteiger partial charge is 0.449 e. The van der Waals surface area contributed by atoms with Crippen LogP contribution in [0.25, 0.3) is 11.1 Å². The van der Waals surface area contributed by atoms with E-state index in [1.54, 1.807) is 0 Å². The van der Waals surface area contributed by atoms with E-state index < -0.39 is 11.6 Å². The lowest BCUT2D eigenvalue weighted by Crippen LogP contribution is -2.71. The van der Waals surface area contributed by atoms with Crippen molar-refractivity contribution < 1.29 is 14.6 Å². The Bertz CT molecular complexity index is 834. The molecule has 140 valence electrons. The van der Waals surface area contributed by atoms with Gasteiger partial charge < -0.3 is 15.2 Å². The number of nitrogens with one attached hydrogen (secondary N) is 1. The SMILES string of the molecule is O=C(NC1(CO)CCC12CCC2)OCC1c2ccccc2-c2ccccc21. The number of aliphatic hydroxyl groups is 1. The number of fused-ring (bicyclic) bond motifs is 3. The lowest BCUT2D eigenvalue weighted by atomic mass is 9.46. The Morgan fingerprint density at radius 1 is 1.00 bits per heavy atom. The molecule has 2 aromatic rings. The Hall–Kier alpha value is -2.33. The second kappa shape index (κ2) is 6.10. The number of aliphatic hydroxyl groups excluding tert-OH is 1. The second-order valence-electron chi connectivity index (χ2n) is 8.32. The highest BCUT2D eigenvalue weighted by molar-refractivity contribution is 5.79. The monoisotopic (exact) mass is 363 g/mol. The first-order chi connectivity index (χ1) is 13.2. The Morgan fingerprint density at radius 2 is 1.63 bits per heavy atom. The molecule has 4 heteroatoms. The first-order valence-electron chi connectivity index (χ1n) is 9.92. The molecule has 4 nitrogen and oxygen atoms in total. The number of ether oxygens (including phenoxy) is 1. The molecule has 2 fully saturated rings. The molecule has 3 aliphatic carbocycles. The van der Waals surface area contributed by atoms with Crippen molar-refractivity contribution in [1.29, 1.82) is 0 Å². The predicted octanol–water partition coefficient (Wildman–Crippen LogP) is 4.22. The smallest absolute Gasteiger partial charge is 0.407 e. The van der Waals surface area contributed by atoms with E-state index in [0.717, 1.165) is 25.7 Å². The van der Waals surface area contributed by atoms with Gasteiger partial charge in [-0.2, -0.15) is 0 Å². The Labute approximate surface area is 159 Å². The van der Waals surface area contributed by atoms with Gasteiger partial charge in [0.2, 0.25) is 0 Å². The van der Waals surface area contributed by atoms with Crippen molar-refractivity contribution in [2.24, 2.45) is 5.41 Å². The van der Waals surface area contributed by atoms with Crippen molar-refractivity contribution in [3.05, 3.63) is 59.7 Å². The van der Waals surface area contributed by atoms with Crippen LogP contribution >= 0.6 is 0 Å². The molecule has 0 radical (unpaired) electrons. The van der Waals surface area contributed by atoms with E-state index in [2.05, 4.69) is 29.6 Å². The van der Waals surface area contributed by atoms with Gasteiger partial charge in [-0.15, -0.1) is 0 Å². The van der Waals surface area contributed by atoms with Gasteiger partial charge in [0.25, 0.3) is 0 Å². The van der Waals surface area contributed by atoms with Crippen LogP contribution in [0.4, 0.5) is 4.79 Å². The fraction of sp³-hybridized carbons (Fsp3) is 0.435. The van der Waals surface area contributed by atoms with Crippen molar-refractivity contribution in [2.45, 2.75) is 43.6 Å². The van der Waals surface area contributed by atoms with Gasteiger partial charge >= 0.3 is 6.09 Å². The molecule has 1 unspecified atom stereocenters. The van der Waals surface area contributed by atoms with Crippen molar-refractivity contribution in [1.82, 2.24) is 5.32 Å². The normalized spacial score (nSPS) is 24.5. The number of alkyl carbamates (subject to hydrolysis) is 1. The summed E-state index contributed by atoms with van der Waals surface area (Å²) >= 11 is 0. The minimum Gasteiger partial charge on any atom is -0.449 e. The molecule has 0 bridgehead atoms. The Balaban J connectivity index is 1.31. The van der Waals surface area contributed by atoms with Crippen LogP contribution in [0.3, 0.4) is 0 Å². The first-order valence-corrected chi connectivity index (χ1v) is 9.92. The number of benzene rings is 2. The molecule has 2 saturated carbocycles. The zero-order valence-corrected chi connectivity index (χ0v) is 15.4. The molecular weight excluding hydrogens is 338 g/mol. The molecule has 1 spiro atoms. The average molecular weight is 363 g/mol. The average Bonchev–Trinajstić information content (AvgIpc) is 2.96. The van der Waals surface area contributed by atoms with Crippen LogP contribution in [-0.4, -0.2) is 30.0 Å². The van der Waals surface area contributed by atoms with Gasteiger partial charge in [-0.1, -0.05) is 55.0 Å². The highest BCUT2D eigenvalue weighted by Gasteiger charge is 2.62. The highest BCUT2D eigenvalue weighted by Crippen LogP contribution is 2.61. The van der Waals surface area contributed by atoms with Crippen LogP contribution in [0, 0.1) is 5.41 Å². The summed E-state index contributed by atoms with van der Waals surface area (Å²) in [5, 5.41) is 13.0. The molecule has 1 amide bonds. The molecule has 0 aliphatic heterocycles. The van der Waals surface area contributed by atoms with Crippen LogP contribution < -0.4 is 5.32 Å². The minimum atomic E-state index is -0.478. The van der Waals surface area contributed by atoms with Crippen LogP contribution in [0.1, 0.15) is 49.1 Å². The molecule has 0 aromatic heterocycles. The summed E-state index contributed by atoms with van der Waals surface area (Å²) in [6.45, 7) is 0.311. The summed E-state index contributed by atoms with van der Waals surface area (Å²) in [7, 11) is 0. The molecule has 5 rings (SSSR count). The summed E-state index contributed by atoms with van der Waals surface area (Å²) in [6, 6.07) is 16.7. The second-order valence-corrected chi connectivity index (χ2v) is 8.32. The van der Waals surface area contributed by atoms with Crippen molar-refractivity contribution in [3.8, 4) is 11.1 Å². The van der Waals surface area contributed by atoms with E-state index in [-0.39, 0.29) is 17.9 Å². The maximum absolute atomic E-state index is 12.6. The van der Waals surface area contributed by atoms with Crippen molar-refractivity contribution >= 4 is 6.09 Å². The Kier molecular flexibility index (Phi) is 3.80. The molecule has 2 aromatic carbocycles. The van der Waals surface area contributed by atoms with Gasteiger partial charge in [-0.25, -0.2) is 4.79 Å². The third kappa shape index (κ3) is 2.36. The number of carbonyl (C=O) groups is 1. The quantitative estimate of drug-likeness (QED) is 0.855. The third-order valence-electron chi connectivity index (χ3n) is 7.31. The van der Waals surface area contributed by atoms with Crippen LogP contribution in [0.2, 0.25) is 0 Å². The van der Waals surface area contributed by atoms with Crippen LogP contribution in [0.15, 0.2) is 48.5 Å². The van der Waals surface area contributed by atoms with Gasteiger partial charge in [-0.05, 0) is 53.4 Å². The summed E-state index contributed by atoms with van der Waals surface area (Å²) in [6.07, 6.45) is 4.91. The molecule has 27 heavy (non-hydrogen) atoms. The summed E-state index contributed by atoms with van der Waals surface area (Å²) in [5.41, 5.74) is 4.49. The fourth-order valence-corrected chi connectivity index (χ4v) is 5.42. The molecule has 3 aliphatic rings.